The fourth-order valence-corrected chi connectivity index (χ4v) is 2.48. The van der Waals surface area contributed by atoms with Gasteiger partial charge in [0.25, 0.3) is 0 Å². The molecule has 0 radical (unpaired) electrons. The summed E-state index contributed by atoms with van der Waals surface area (Å²) in [5.41, 5.74) is 2.29. The van der Waals surface area contributed by atoms with Crippen LogP contribution in [0.2, 0.25) is 0 Å². The Morgan fingerprint density at radius 1 is 1.47 bits per heavy atom. The fourth-order valence-electron chi connectivity index (χ4n) is 2.11. The molecule has 0 spiro atoms. The Bertz CT molecular complexity index is 605. The molecule has 1 aromatic carbocycles. The summed E-state index contributed by atoms with van der Waals surface area (Å²) in [7, 11) is 1.86. The molecule has 3 rings (SSSR count). The minimum absolute atomic E-state index is 0.241. The minimum Gasteiger partial charge on any atom is -0.310 e. The minimum atomic E-state index is -0.241. The second kappa shape index (κ2) is 5.06. The Kier molecular flexibility index (Phi) is 3.41. The van der Waals surface area contributed by atoms with Crippen LogP contribution in [-0.4, -0.2) is 15.8 Å². The number of aromatic nitrogens is 2. The number of aryl methyl sites for hydroxylation is 1. The van der Waals surface area contributed by atoms with E-state index in [1.165, 1.54) is 18.9 Å². The summed E-state index contributed by atoms with van der Waals surface area (Å²) in [6.45, 7) is 0.736. The van der Waals surface area contributed by atoms with Crippen molar-refractivity contribution in [3.63, 3.8) is 0 Å². The third-order valence-electron chi connectivity index (χ3n) is 3.25. The predicted octanol–water partition coefficient (Wildman–Crippen LogP) is 3.24. The molecule has 0 atom stereocenters. The largest absolute Gasteiger partial charge is 0.310 e. The van der Waals surface area contributed by atoms with Crippen LogP contribution in [0.4, 0.5) is 4.39 Å². The normalized spacial score (nSPS) is 14.9. The molecule has 1 aromatic heterocycles. The van der Waals surface area contributed by atoms with Crippen LogP contribution in [0.3, 0.4) is 0 Å². The Morgan fingerprint density at radius 2 is 2.26 bits per heavy atom. The molecule has 19 heavy (non-hydrogen) atoms. The topological polar surface area (TPSA) is 29.9 Å². The number of benzene rings is 1. The Labute approximate surface area is 119 Å². The first kappa shape index (κ1) is 12.8. The van der Waals surface area contributed by atoms with Crippen LogP contribution >= 0.6 is 15.9 Å². The van der Waals surface area contributed by atoms with Crippen molar-refractivity contribution in [1.82, 2.24) is 15.1 Å². The lowest BCUT2D eigenvalue weighted by Gasteiger charge is -2.05. The van der Waals surface area contributed by atoms with Crippen molar-refractivity contribution in [1.29, 1.82) is 0 Å². The molecule has 1 heterocycles. The molecule has 0 unspecified atom stereocenters. The molecule has 1 saturated carbocycles. The Balaban J connectivity index is 1.95. The van der Waals surface area contributed by atoms with Gasteiger partial charge in [0.1, 0.15) is 5.82 Å². The molecule has 5 heteroatoms. The highest BCUT2D eigenvalue weighted by Gasteiger charge is 2.22. The molecule has 1 fully saturated rings. The summed E-state index contributed by atoms with van der Waals surface area (Å²) in [5, 5.41) is 7.84. The molecule has 1 N–H and O–H groups in total. The van der Waals surface area contributed by atoms with Crippen molar-refractivity contribution in [2.75, 3.05) is 0 Å². The lowest BCUT2D eigenvalue weighted by atomic mass is 10.1. The van der Waals surface area contributed by atoms with Crippen molar-refractivity contribution in [2.45, 2.75) is 25.4 Å². The third kappa shape index (κ3) is 2.87. The number of nitrogens with one attached hydrogen (secondary N) is 1. The Morgan fingerprint density at radius 3 is 3.00 bits per heavy atom. The van der Waals surface area contributed by atoms with E-state index in [-0.39, 0.29) is 5.82 Å². The van der Waals surface area contributed by atoms with E-state index in [9.17, 15) is 4.39 Å². The van der Waals surface area contributed by atoms with E-state index in [1.807, 2.05) is 13.2 Å². The predicted molar refractivity (Wildman–Crippen MR) is 76.2 cm³/mol. The summed E-state index contributed by atoms with van der Waals surface area (Å²) >= 11 is 3.38. The highest BCUT2D eigenvalue weighted by atomic mass is 79.9. The van der Waals surface area contributed by atoms with E-state index in [2.05, 4.69) is 26.3 Å². The van der Waals surface area contributed by atoms with E-state index in [0.29, 0.717) is 11.6 Å². The smallest absolute Gasteiger partial charge is 0.132 e. The number of nitrogens with zero attached hydrogens (tertiary/aromatic N) is 2. The van der Waals surface area contributed by atoms with Gasteiger partial charge in [-0.05, 0) is 31.0 Å². The van der Waals surface area contributed by atoms with Gasteiger partial charge in [0.05, 0.1) is 5.69 Å². The summed E-state index contributed by atoms with van der Waals surface area (Å²) in [5.74, 6) is -0.241. The van der Waals surface area contributed by atoms with Gasteiger partial charge in [-0.3, -0.25) is 4.68 Å². The van der Waals surface area contributed by atoms with Crippen molar-refractivity contribution < 1.29 is 4.39 Å². The molecule has 0 saturated heterocycles. The molecule has 2 aromatic rings. The van der Waals surface area contributed by atoms with Gasteiger partial charge in [-0.2, -0.15) is 5.10 Å². The van der Waals surface area contributed by atoms with Gasteiger partial charge in [0.15, 0.2) is 0 Å². The number of halogens is 2. The van der Waals surface area contributed by atoms with Crippen LogP contribution in [0.1, 0.15) is 18.4 Å². The highest BCUT2D eigenvalue weighted by Crippen LogP contribution is 2.28. The highest BCUT2D eigenvalue weighted by molar-refractivity contribution is 9.10. The zero-order chi connectivity index (χ0) is 13.4. The van der Waals surface area contributed by atoms with Gasteiger partial charge in [-0.1, -0.05) is 15.9 Å². The maximum atomic E-state index is 14.0. The maximum absolute atomic E-state index is 14.0. The first-order valence-corrected chi connectivity index (χ1v) is 7.14. The van der Waals surface area contributed by atoms with Crippen LogP contribution in [0.5, 0.6) is 0 Å². The van der Waals surface area contributed by atoms with Crippen molar-refractivity contribution in [3.8, 4) is 11.3 Å². The van der Waals surface area contributed by atoms with Gasteiger partial charge in [-0.15, -0.1) is 0 Å². The van der Waals surface area contributed by atoms with Gasteiger partial charge in [0.2, 0.25) is 0 Å². The van der Waals surface area contributed by atoms with Crippen LogP contribution in [0.15, 0.2) is 28.9 Å². The quantitative estimate of drug-likeness (QED) is 0.936. The number of hydrogen-bond donors (Lipinski definition) is 1. The van der Waals surface area contributed by atoms with Crippen LogP contribution in [-0.2, 0) is 13.6 Å². The van der Waals surface area contributed by atoms with Crippen LogP contribution in [0, 0.1) is 5.82 Å². The molecular formula is C14H15BrFN3. The van der Waals surface area contributed by atoms with Crippen molar-refractivity contribution >= 4 is 15.9 Å². The molecule has 0 bridgehead atoms. The third-order valence-corrected chi connectivity index (χ3v) is 3.74. The van der Waals surface area contributed by atoms with Gasteiger partial charge in [-0.25, -0.2) is 4.39 Å². The molecule has 1 aliphatic carbocycles. The number of hydrogen-bond acceptors (Lipinski definition) is 2. The second-order valence-electron chi connectivity index (χ2n) is 4.96. The lowest BCUT2D eigenvalue weighted by Crippen LogP contribution is -2.15. The van der Waals surface area contributed by atoms with E-state index >= 15 is 0 Å². The van der Waals surface area contributed by atoms with Crippen LogP contribution < -0.4 is 5.32 Å². The standard InChI is InChI=1S/C14H15BrFN3/c1-19-8-9(7-17-11-3-4-11)14(18-19)12-6-10(15)2-5-13(12)16/h2,5-6,8,11,17H,3-4,7H2,1H3. The molecular weight excluding hydrogens is 309 g/mol. The average molecular weight is 324 g/mol. The lowest BCUT2D eigenvalue weighted by molar-refractivity contribution is 0.629. The van der Waals surface area contributed by atoms with Gasteiger partial charge < -0.3 is 5.32 Å². The number of rotatable bonds is 4. The fraction of sp³-hybridized carbons (Fsp3) is 0.357. The average Bonchev–Trinajstić information content (AvgIpc) is 3.13. The summed E-state index contributed by atoms with van der Waals surface area (Å²) in [6.07, 6.45) is 4.42. The maximum Gasteiger partial charge on any atom is 0.132 e. The van der Waals surface area contributed by atoms with Gasteiger partial charge >= 0.3 is 0 Å². The first-order valence-electron chi connectivity index (χ1n) is 6.35. The van der Waals surface area contributed by atoms with E-state index in [1.54, 1.807) is 16.8 Å². The molecule has 0 amide bonds. The first-order chi connectivity index (χ1) is 9.13. The zero-order valence-electron chi connectivity index (χ0n) is 10.7. The van der Waals surface area contributed by atoms with E-state index in [4.69, 9.17) is 0 Å². The summed E-state index contributed by atoms with van der Waals surface area (Å²) in [6, 6.07) is 5.56. The molecule has 0 aliphatic heterocycles. The van der Waals surface area contributed by atoms with E-state index < -0.39 is 0 Å². The zero-order valence-corrected chi connectivity index (χ0v) is 12.2. The molecule has 1 aliphatic rings. The van der Waals surface area contributed by atoms with Crippen molar-refractivity contribution in [2.24, 2.45) is 7.05 Å². The summed E-state index contributed by atoms with van der Waals surface area (Å²) < 4.78 is 16.6. The van der Waals surface area contributed by atoms with Crippen LogP contribution in [0.25, 0.3) is 11.3 Å². The monoisotopic (exact) mass is 323 g/mol. The SMILES string of the molecule is Cn1cc(CNC2CC2)c(-c2cc(Br)ccc2F)n1. The molecule has 100 valence electrons. The van der Waals surface area contributed by atoms with Gasteiger partial charge in [0, 0.05) is 41.4 Å². The van der Waals surface area contributed by atoms with Crippen molar-refractivity contribution in [3.05, 3.63) is 40.2 Å². The second-order valence-corrected chi connectivity index (χ2v) is 5.87. The van der Waals surface area contributed by atoms with E-state index in [0.717, 1.165) is 22.3 Å². The summed E-state index contributed by atoms with van der Waals surface area (Å²) in [4.78, 5) is 0. The Hall–Kier alpha value is -1.20. The molecule has 3 nitrogen and oxygen atoms in total.